The lowest BCUT2D eigenvalue weighted by molar-refractivity contribution is -0.00566. The van der Waals surface area contributed by atoms with Crippen LogP contribution in [-0.2, 0) is 4.74 Å². The Morgan fingerprint density at radius 2 is 1.89 bits per heavy atom. The Labute approximate surface area is 108 Å². The summed E-state index contributed by atoms with van der Waals surface area (Å²) in [6.07, 6.45) is 0.218. The van der Waals surface area contributed by atoms with Gasteiger partial charge in [-0.3, -0.25) is 0 Å². The second kappa shape index (κ2) is 5.22. The summed E-state index contributed by atoms with van der Waals surface area (Å²) >= 11 is 0. The molecule has 1 aliphatic heterocycles. The van der Waals surface area contributed by atoms with Gasteiger partial charge in [0, 0.05) is 18.8 Å². The van der Waals surface area contributed by atoms with Gasteiger partial charge in [0.2, 0.25) is 0 Å². The van der Waals surface area contributed by atoms with Crippen LogP contribution in [0.4, 0.5) is 10.2 Å². The van der Waals surface area contributed by atoms with Gasteiger partial charge in [0.05, 0.1) is 12.2 Å². The van der Waals surface area contributed by atoms with Crippen LogP contribution >= 0.6 is 0 Å². The second-order valence-electron chi connectivity index (χ2n) is 5.36. The van der Waals surface area contributed by atoms with Crippen molar-refractivity contribution in [3.8, 4) is 0 Å². The van der Waals surface area contributed by atoms with E-state index in [-0.39, 0.29) is 18.0 Å². The number of rotatable bonds is 2. The zero-order valence-corrected chi connectivity index (χ0v) is 11.5. The van der Waals surface area contributed by atoms with Gasteiger partial charge in [-0.05, 0) is 31.9 Å². The summed E-state index contributed by atoms with van der Waals surface area (Å²) in [5.41, 5.74) is 0.929. The van der Waals surface area contributed by atoms with Crippen LogP contribution in [0.1, 0.15) is 39.3 Å². The highest BCUT2D eigenvalue weighted by Gasteiger charge is 2.25. The highest BCUT2D eigenvalue weighted by molar-refractivity contribution is 5.42. The first-order valence-corrected chi connectivity index (χ1v) is 6.54. The fourth-order valence-electron chi connectivity index (χ4n) is 2.34. The maximum Gasteiger partial charge on any atom is 0.165 e. The van der Waals surface area contributed by atoms with Crippen LogP contribution in [0.15, 0.2) is 12.1 Å². The largest absolute Gasteiger partial charge is 0.372 e. The van der Waals surface area contributed by atoms with E-state index >= 15 is 0 Å². The van der Waals surface area contributed by atoms with Crippen molar-refractivity contribution in [1.82, 2.24) is 4.98 Å². The van der Waals surface area contributed by atoms with Crippen molar-refractivity contribution >= 4 is 5.82 Å². The molecule has 0 saturated carbocycles. The lowest BCUT2D eigenvalue weighted by atomic mass is 10.1. The Hall–Kier alpha value is -1.16. The third-order valence-corrected chi connectivity index (χ3v) is 3.16. The quantitative estimate of drug-likeness (QED) is 0.809. The standard InChI is InChI=1S/C14H21FN2O/c1-9(2)13-6-5-12(15)14(16-13)17-7-10(3)18-11(4)8-17/h5-6,9-11H,7-8H2,1-4H3. The van der Waals surface area contributed by atoms with Crippen molar-refractivity contribution in [2.24, 2.45) is 0 Å². The van der Waals surface area contributed by atoms with Crippen LogP contribution in [-0.4, -0.2) is 30.3 Å². The predicted molar refractivity (Wildman–Crippen MR) is 70.5 cm³/mol. The van der Waals surface area contributed by atoms with Crippen molar-refractivity contribution in [2.75, 3.05) is 18.0 Å². The second-order valence-corrected chi connectivity index (χ2v) is 5.36. The summed E-state index contributed by atoms with van der Waals surface area (Å²) in [4.78, 5) is 6.45. The molecule has 2 unspecified atom stereocenters. The van der Waals surface area contributed by atoms with Crippen molar-refractivity contribution in [3.63, 3.8) is 0 Å². The normalized spacial score (nSPS) is 24.7. The SMILES string of the molecule is CC1CN(c2nc(C(C)C)ccc2F)CC(C)O1. The first-order chi connectivity index (χ1) is 8.47. The number of hydrogen-bond acceptors (Lipinski definition) is 3. The third kappa shape index (κ3) is 2.80. The lowest BCUT2D eigenvalue weighted by Crippen LogP contribution is -2.46. The molecule has 2 atom stereocenters. The molecule has 0 aliphatic carbocycles. The van der Waals surface area contributed by atoms with Gasteiger partial charge < -0.3 is 9.64 Å². The fourth-order valence-corrected chi connectivity index (χ4v) is 2.34. The molecular formula is C14H21FN2O. The zero-order chi connectivity index (χ0) is 13.3. The molecule has 1 aromatic heterocycles. The van der Waals surface area contributed by atoms with Crippen LogP contribution in [0.25, 0.3) is 0 Å². The van der Waals surface area contributed by atoms with E-state index in [9.17, 15) is 4.39 Å². The Bertz CT molecular complexity index is 412. The van der Waals surface area contributed by atoms with Gasteiger partial charge in [0.1, 0.15) is 0 Å². The molecule has 1 fully saturated rings. The molecule has 2 heterocycles. The van der Waals surface area contributed by atoms with Gasteiger partial charge in [-0.2, -0.15) is 0 Å². The van der Waals surface area contributed by atoms with Crippen LogP contribution in [0.2, 0.25) is 0 Å². The number of nitrogens with zero attached hydrogens (tertiary/aromatic N) is 2. The molecule has 2 rings (SSSR count). The molecule has 0 radical (unpaired) electrons. The summed E-state index contributed by atoms with van der Waals surface area (Å²) in [6, 6.07) is 3.28. The van der Waals surface area contributed by atoms with Crippen LogP contribution in [0.3, 0.4) is 0 Å². The molecule has 3 nitrogen and oxygen atoms in total. The van der Waals surface area contributed by atoms with Gasteiger partial charge in [0.25, 0.3) is 0 Å². The number of aromatic nitrogens is 1. The Morgan fingerprint density at radius 3 is 2.44 bits per heavy atom. The predicted octanol–water partition coefficient (Wildman–Crippen LogP) is 2.96. The van der Waals surface area contributed by atoms with E-state index in [2.05, 4.69) is 18.8 Å². The number of pyridine rings is 1. The molecule has 1 saturated heterocycles. The summed E-state index contributed by atoms with van der Waals surface area (Å²) in [5.74, 6) is 0.518. The average molecular weight is 252 g/mol. The van der Waals surface area contributed by atoms with Crippen molar-refractivity contribution in [3.05, 3.63) is 23.6 Å². The van der Waals surface area contributed by atoms with Crippen molar-refractivity contribution in [2.45, 2.75) is 45.8 Å². The first kappa shape index (κ1) is 13.3. The average Bonchev–Trinajstić information content (AvgIpc) is 2.27. The maximum absolute atomic E-state index is 13.9. The molecule has 18 heavy (non-hydrogen) atoms. The molecular weight excluding hydrogens is 231 g/mol. The maximum atomic E-state index is 13.9. The topological polar surface area (TPSA) is 25.4 Å². The third-order valence-electron chi connectivity index (χ3n) is 3.16. The molecule has 0 bridgehead atoms. The van der Waals surface area contributed by atoms with Crippen molar-refractivity contribution in [1.29, 1.82) is 0 Å². The minimum atomic E-state index is -0.249. The minimum absolute atomic E-state index is 0.109. The zero-order valence-electron chi connectivity index (χ0n) is 11.5. The smallest absolute Gasteiger partial charge is 0.165 e. The Balaban J connectivity index is 2.28. The van der Waals surface area contributed by atoms with E-state index in [4.69, 9.17) is 4.74 Å². The highest BCUT2D eigenvalue weighted by Crippen LogP contribution is 2.24. The number of anilines is 1. The number of hydrogen-bond donors (Lipinski definition) is 0. The van der Waals surface area contributed by atoms with Gasteiger partial charge >= 0.3 is 0 Å². The molecule has 1 aliphatic rings. The summed E-state index contributed by atoms with van der Waals surface area (Å²) in [7, 11) is 0. The fraction of sp³-hybridized carbons (Fsp3) is 0.643. The number of ether oxygens (including phenoxy) is 1. The van der Waals surface area contributed by atoms with Gasteiger partial charge in [0.15, 0.2) is 11.6 Å². The molecule has 1 aromatic rings. The van der Waals surface area contributed by atoms with Crippen LogP contribution < -0.4 is 4.90 Å². The Morgan fingerprint density at radius 1 is 1.28 bits per heavy atom. The van der Waals surface area contributed by atoms with E-state index < -0.39 is 0 Å². The summed E-state index contributed by atoms with van der Waals surface area (Å²) < 4.78 is 19.6. The van der Waals surface area contributed by atoms with Gasteiger partial charge in [-0.1, -0.05) is 13.8 Å². The summed E-state index contributed by atoms with van der Waals surface area (Å²) in [5, 5.41) is 0. The van der Waals surface area contributed by atoms with Gasteiger partial charge in [-0.15, -0.1) is 0 Å². The summed E-state index contributed by atoms with van der Waals surface area (Å²) in [6.45, 7) is 9.52. The van der Waals surface area contributed by atoms with Crippen LogP contribution in [0, 0.1) is 5.82 Å². The highest BCUT2D eigenvalue weighted by atomic mass is 19.1. The van der Waals surface area contributed by atoms with E-state index in [1.54, 1.807) is 6.07 Å². The Kier molecular flexibility index (Phi) is 3.85. The monoisotopic (exact) mass is 252 g/mol. The molecule has 0 aromatic carbocycles. The van der Waals surface area contributed by atoms with Crippen LogP contribution in [0.5, 0.6) is 0 Å². The van der Waals surface area contributed by atoms with Gasteiger partial charge in [-0.25, -0.2) is 9.37 Å². The van der Waals surface area contributed by atoms with E-state index in [0.29, 0.717) is 24.8 Å². The molecule has 4 heteroatoms. The van der Waals surface area contributed by atoms with E-state index in [0.717, 1.165) is 5.69 Å². The van der Waals surface area contributed by atoms with E-state index in [1.807, 2.05) is 18.7 Å². The molecule has 100 valence electrons. The molecule has 0 amide bonds. The number of morpholine rings is 1. The van der Waals surface area contributed by atoms with Crippen molar-refractivity contribution < 1.29 is 9.13 Å². The number of halogens is 1. The molecule has 0 spiro atoms. The first-order valence-electron chi connectivity index (χ1n) is 6.54. The minimum Gasteiger partial charge on any atom is -0.372 e. The lowest BCUT2D eigenvalue weighted by Gasteiger charge is -2.36. The molecule has 0 N–H and O–H groups in total. The van der Waals surface area contributed by atoms with E-state index in [1.165, 1.54) is 6.07 Å².